The van der Waals surface area contributed by atoms with Crippen LogP contribution >= 0.6 is 0 Å². The Morgan fingerprint density at radius 2 is 1.75 bits per heavy atom. The molecule has 0 heterocycles. The Hall–Kier alpha value is -0.0565. The van der Waals surface area contributed by atoms with Crippen molar-refractivity contribution in [2.75, 3.05) is 0 Å². The Bertz CT molecular complexity index is 27.5. The average Bonchev–Trinajstić information content (AvgIpc) is 0.918. The third-order valence-corrected chi connectivity index (χ3v) is 0. The Labute approximate surface area is 32.8 Å². The Morgan fingerprint density at radius 3 is 1.75 bits per heavy atom. The molecule has 0 radical (unpaired) electrons. The van der Waals surface area contributed by atoms with Gasteiger partial charge in [-0.2, -0.15) is 0 Å². The van der Waals surface area contributed by atoms with Gasteiger partial charge in [0.05, 0.1) is 0 Å². The Kier molecular flexibility index (Phi) is 28.2. The van der Waals surface area contributed by atoms with Crippen LogP contribution in [-0.4, -0.2) is 0 Å². The third kappa shape index (κ3) is 542. The van der Waals surface area contributed by atoms with E-state index in [-0.39, 0.29) is 6.15 Å². The maximum absolute atomic E-state index is 7.15. The van der Waals surface area contributed by atoms with Gasteiger partial charge in [0.15, 0.2) is 0 Å². The molecule has 0 aromatic carbocycles. The molecule has 0 fully saturated rings. The van der Waals surface area contributed by atoms with Crippen LogP contribution in [0.25, 0.3) is 0 Å². The van der Waals surface area contributed by atoms with E-state index < -0.39 is 0 Å². The van der Waals surface area contributed by atoms with Crippen molar-refractivity contribution in [3.63, 3.8) is 0 Å². The van der Waals surface area contributed by atoms with Gasteiger partial charge in [-0.25, -0.2) is 0 Å². The normalized spacial score (nSPS) is 2.25. The first-order chi connectivity index (χ1) is 1.41. The van der Waals surface area contributed by atoms with E-state index in [2.05, 4.69) is 15.5 Å². The summed E-state index contributed by atoms with van der Waals surface area (Å²) in [5.41, 5.74) is 0. The van der Waals surface area contributed by atoms with Crippen molar-refractivity contribution >= 4 is 0 Å². The first-order valence-corrected chi connectivity index (χ1v) is 0.876. The number of hydrogen-bond acceptors (Lipinski definition) is 2. The molecule has 0 aromatic heterocycles. The van der Waals surface area contributed by atoms with Crippen molar-refractivity contribution < 1.29 is 15.5 Å². The summed E-state index contributed by atoms with van der Waals surface area (Å²) in [6.07, 6.45) is 0. The van der Waals surface area contributed by atoms with E-state index in [9.17, 15) is 0 Å². The summed E-state index contributed by atoms with van der Waals surface area (Å²) in [6.45, 7) is 0. The molecule has 0 atom stereocenters. The predicted octanol–water partition coefficient (Wildman–Crippen LogP) is 0.176. The molecule has 3 N–H and O–H groups in total. The van der Waals surface area contributed by atoms with Gasteiger partial charge in [-0.1, -0.05) is 0 Å². The van der Waals surface area contributed by atoms with Crippen LogP contribution in [0.3, 0.4) is 0 Å². The van der Waals surface area contributed by atoms with Gasteiger partial charge in [0.25, 0.3) is 0 Å². The number of nitriles is 1. The predicted molar refractivity (Wildman–Crippen MR) is 10.6 cm³/mol. The molecule has 3 heteroatoms. The van der Waals surface area contributed by atoms with E-state index >= 15 is 0 Å². The van der Waals surface area contributed by atoms with E-state index in [1.807, 2.05) is 0 Å². The number of hydrogen-bond donors (Lipinski definition) is 1. The zero-order valence-corrected chi connectivity index (χ0v) is 2.96. The minimum absolute atomic E-state index is 0. The van der Waals surface area contributed by atoms with Crippen LogP contribution in [0.4, 0.5) is 0 Å². The fourth-order valence-corrected chi connectivity index (χ4v) is 0. The molecule has 0 aliphatic rings. The van der Waals surface area contributed by atoms with Gasteiger partial charge in [0, 0.05) is 0 Å². The van der Waals surface area contributed by atoms with Crippen LogP contribution in [0.5, 0.6) is 0 Å². The summed E-state index contributed by atoms with van der Waals surface area (Å²) in [5.74, 6) is 0. The number of rotatable bonds is 0. The summed E-state index contributed by atoms with van der Waals surface area (Å²) in [4.78, 5) is 0. The summed E-state index contributed by atoms with van der Waals surface area (Å²) in [5, 5.41) is 8.53. The molecule has 0 spiro atoms. The van der Waals surface area contributed by atoms with Crippen LogP contribution in [0.2, 0.25) is 0 Å². The van der Waals surface area contributed by atoms with Crippen LogP contribution in [0, 0.1) is 10.3 Å². The molecule has 0 saturated carbocycles. The third-order valence-electron chi connectivity index (χ3n) is 0. The fraction of sp³-hybridized carbons (Fsp3) is 0. The molecule has 2 nitrogen and oxygen atoms in total. The van der Waals surface area contributed by atoms with Crippen LogP contribution in [0.1, 0.15) is 0 Å². The van der Waals surface area contributed by atoms with Crippen molar-refractivity contribution in [1.29, 1.82) is 5.26 Å². The molecule has 0 saturated heterocycles. The first-order valence-electron chi connectivity index (χ1n) is 0.382. The maximum atomic E-state index is 7.15. The van der Waals surface area contributed by atoms with E-state index in [1.54, 1.807) is 0 Å². The van der Waals surface area contributed by atoms with E-state index in [0.29, 0.717) is 0 Å². The van der Waals surface area contributed by atoms with Crippen LogP contribution in [-0.2, 0) is 15.5 Å². The van der Waals surface area contributed by atoms with Gasteiger partial charge in [-0.15, -0.1) is 0 Å². The van der Waals surface area contributed by atoms with E-state index in [4.69, 9.17) is 5.26 Å². The standard InChI is InChI=1S/CN.H3N.Ni/c1-2;;/h;1H3;. The zero-order valence-electron chi connectivity index (χ0n) is 1.97. The van der Waals surface area contributed by atoms with Gasteiger partial charge in [0.2, 0.25) is 0 Å². The SMILES string of the molecule is N.N#[C][Ni]. The summed E-state index contributed by atoms with van der Waals surface area (Å²) >= 11 is 3.47. The molecule has 4 heavy (non-hydrogen) atoms. The molecule has 27 valence electrons. The van der Waals surface area contributed by atoms with Crippen molar-refractivity contribution in [2.45, 2.75) is 0 Å². The van der Waals surface area contributed by atoms with E-state index in [1.165, 1.54) is 5.04 Å². The molecular formula is CH3N2Ni. The van der Waals surface area contributed by atoms with Gasteiger partial charge in [-0.3, -0.25) is 0 Å². The van der Waals surface area contributed by atoms with Crippen LogP contribution in [0.15, 0.2) is 0 Å². The molecule has 0 amide bonds. The van der Waals surface area contributed by atoms with Gasteiger partial charge in [-0.05, 0) is 0 Å². The van der Waals surface area contributed by atoms with E-state index in [0.717, 1.165) is 0 Å². The molecule has 0 aliphatic carbocycles. The van der Waals surface area contributed by atoms with Gasteiger partial charge < -0.3 is 6.15 Å². The van der Waals surface area contributed by atoms with Crippen molar-refractivity contribution in [3.8, 4) is 5.04 Å². The first kappa shape index (κ1) is 9.05. The average molecular weight is 102 g/mol. The van der Waals surface area contributed by atoms with Crippen molar-refractivity contribution in [1.82, 2.24) is 6.15 Å². The summed E-state index contributed by atoms with van der Waals surface area (Å²) < 4.78 is 0. The van der Waals surface area contributed by atoms with Gasteiger partial charge >= 0.3 is 25.8 Å². The quantitative estimate of drug-likeness (QED) is 0.443. The second kappa shape index (κ2) is 12.5. The van der Waals surface area contributed by atoms with Gasteiger partial charge in [0.1, 0.15) is 0 Å². The van der Waals surface area contributed by atoms with Crippen molar-refractivity contribution in [3.05, 3.63) is 0 Å². The molecule has 0 aromatic rings. The molecule has 0 bridgehead atoms. The molecule has 0 rings (SSSR count). The fourth-order valence-electron chi connectivity index (χ4n) is 0. The molecule has 0 unspecified atom stereocenters. The molecule has 0 aliphatic heterocycles. The summed E-state index contributed by atoms with van der Waals surface area (Å²) in [6, 6.07) is 0. The Morgan fingerprint density at radius 1 is 1.75 bits per heavy atom. The second-order valence-electron chi connectivity index (χ2n) is 0.0707. The topological polar surface area (TPSA) is 58.8 Å². The minimum atomic E-state index is 0. The zero-order chi connectivity index (χ0) is 2.71. The monoisotopic (exact) mass is 101 g/mol. The summed E-state index contributed by atoms with van der Waals surface area (Å²) in [7, 11) is 0. The Balaban J connectivity index is 0. The molecular weight excluding hydrogens is 98.7 g/mol. The van der Waals surface area contributed by atoms with Crippen molar-refractivity contribution in [2.24, 2.45) is 0 Å². The number of nitrogens with zero attached hydrogens (tertiary/aromatic N) is 1. The van der Waals surface area contributed by atoms with Crippen LogP contribution < -0.4 is 6.15 Å². The second-order valence-corrected chi connectivity index (χ2v) is 0.292.